The monoisotopic (exact) mass is 320 g/mol. The van der Waals surface area contributed by atoms with Crippen LogP contribution in [-0.2, 0) is 0 Å². The third-order valence-corrected chi connectivity index (χ3v) is 4.71. The van der Waals surface area contributed by atoms with Crippen LogP contribution in [0.4, 0.5) is 11.4 Å². The van der Waals surface area contributed by atoms with Gasteiger partial charge in [0.25, 0.3) is 0 Å². The molecule has 1 aliphatic heterocycles. The van der Waals surface area contributed by atoms with Crippen LogP contribution >= 0.6 is 9.39 Å². The Bertz CT molecular complexity index is 510. The molecule has 0 saturated carbocycles. The Balaban J connectivity index is 2.18. The van der Waals surface area contributed by atoms with E-state index in [0.717, 1.165) is 57.0 Å². The number of rotatable bonds is 5. The van der Waals surface area contributed by atoms with Crippen LogP contribution in [0.25, 0.3) is 0 Å². The van der Waals surface area contributed by atoms with Gasteiger partial charge in [0.15, 0.2) is 0 Å². The lowest BCUT2D eigenvalue weighted by Crippen LogP contribution is -2.42. The molecule has 122 valence electrons. The van der Waals surface area contributed by atoms with Gasteiger partial charge in [-0.15, -0.1) is 0 Å². The number of unbranched alkanes of at least 4 members (excludes halogenated alkanes) is 1. The van der Waals surface area contributed by atoms with Crippen molar-refractivity contribution in [3.63, 3.8) is 0 Å². The maximum Gasteiger partial charge on any atom is 0.0996 e. The number of anilines is 1. The second-order valence-electron chi connectivity index (χ2n) is 6.16. The maximum atomic E-state index is 6.06. The molecule has 5 heteroatoms. The number of amidine groups is 1. The minimum absolute atomic E-state index is 0.748. The summed E-state index contributed by atoms with van der Waals surface area (Å²) in [5.41, 5.74) is 10.8. The molecule has 0 spiro atoms. The Morgan fingerprint density at radius 1 is 1.18 bits per heavy atom. The van der Waals surface area contributed by atoms with Crippen molar-refractivity contribution in [2.24, 2.45) is 10.7 Å². The molecule has 4 nitrogen and oxygen atoms in total. The molecule has 0 bridgehead atoms. The van der Waals surface area contributed by atoms with Crippen LogP contribution in [0.3, 0.4) is 0 Å². The second kappa shape index (κ2) is 7.94. The average molecular weight is 320 g/mol. The van der Waals surface area contributed by atoms with Crippen molar-refractivity contribution in [2.45, 2.75) is 40.0 Å². The number of nitrogens with two attached hydrogens (primary N) is 1. The van der Waals surface area contributed by atoms with Crippen molar-refractivity contribution in [2.75, 3.05) is 31.1 Å². The van der Waals surface area contributed by atoms with E-state index in [2.05, 4.69) is 56.9 Å². The van der Waals surface area contributed by atoms with Crippen molar-refractivity contribution >= 4 is 26.6 Å². The number of aliphatic imine (C=N–C) groups is 1. The van der Waals surface area contributed by atoms with Gasteiger partial charge in [0.1, 0.15) is 0 Å². The molecular weight excluding hydrogens is 291 g/mol. The number of hydrogen-bond donors (Lipinski definition) is 1. The van der Waals surface area contributed by atoms with Crippen molar-refractivity contribution in [3.05, 3.63) is 23.3 Å². The van der Waals surface area contributed by atoms with E-state index >= 15 is 0 Å². The zero-order valence-electron chi connectivity index (χ0n) is 14.1. The topological polar surface area (TPSA) is 44.9 Å². The van der Waals surface area contributed by atoms with Crippen molar-refractivity contribution < 1.29 is 0 Å². The molecule has 0 radical (unpaired) electrons. The highest BCUT2D eigenvalue weighted by Crippen LogP contribution is 2.30. The molecule has 1 atom stereocenters. The molecular formula is C17H29N4P. The predicted octanol–water partition coefficient (Wildman–Crippen LogP) is 3.39. The number of nitrogens with zero attached hydrogens (tertiary/aromatic N) is 3. The molecule has 1 fully saturated rings. The standard InChI is InChI=1S/C17H29N4P/c1-4-5-6-16(18)19-17-13(2)11-15(12-14(17)3)20-7-9-21(22)10-8-20/h11-12H,4-10,22H2,1-3H3,(H2,18,19). The van der Waals surface area contributed by atoms with Crippen LogP contribution in [0, 0.1) is 13.8 Å². The smallest absolute Gasteiger partial charge is 0.0996 e. The van der Waals surface area contributed by atoms with Gasteiger partial charge in [0.2, 0.25) is 0 Å². The largest absolute Gasteiger partial charge is 0.387 e. The van der Waals surface area contributed by atoms with Gasteiger partial charge in [0.05, 0.1) is 11.5 Å². The van der Waals surface area contributed by atoms with E-state index in [1.807, 2.05) is 0 Å². The summed E-state index contributed by atoms with van der Waals surface area (Å²) in [4.78, 5) is 7.11. The summed E-state index contributed by atoms with van der Waals surface area (Å²) in [7, 11) is 2.79. The van der Waals surface area contributed by atoms with Gasteiger partial charge in [-0.2, -0.15) is 0 Å². The quantitative estimate of drug-likeness (QED) is 0.514. The molecule has 1 aromatic carbocycles. The highest BCUT2D eigenvalue weighted by atomic mass is 31.0. The molecule has 1 heterocycles. The lowest BCUT2D eigenvalue weighted by molar-refractivity contribution is 0.428. The molecule has 1 aliphatic rings. The number of piperazine rings is 1. The second-order valence-corrected chi connectivity index (χ2v) is 6.89. The summed E-state index contributed by atoms with van der Waals surface area (Å²) >= 11 is 0. The highest BCUT2D eigenvalue weighted by Gasteiger charge is 2.16. The fraction of sp³-hybridized carbons (Fsp3) is 0.588. The van der Waals surface area contributed by atoms with Gasteiger partial charge in [0, 0.05) is 38.3 Å². The highest BCUT2D eigenvalue weighted by molar-refractivity contribution is 7.13. The molecule has 1 aromatic rings. The molecule has 22 heavy (non-hydrogen) atoms. The van der Waals surface area contributed by atoms with E-state index in [1.54, 1.807) is 0 Å². The molecule has 0 aliphatic carbocycles. The fourth-order valence-electron chi connectivity index (χ4n) is 2.83. The van der Waals surface area contributed by atoms with E-state index in [0.29, 0.717) is 0 Å². The molecule has 1 unspecified atom stereocenters. The summed E-state index contributed by atoms with van der Waals surface area (Å²) in [5.74, 6) is 0.748. The normalized spacial score (nSPS) is 17.1. The Labute approximate surface area is 137 Å². The molecule has 0 amide bonds. The van der Waals surface area contributed by atoms with Gasteiger partial charge in [-0.05, 0) is 43.5 Å². The van der Waals surface area contributed by atoms with Crippen LogP contribution in [0.5, 0.6) is 0 Å². The van der Waals surface area contributed by atoms with Crippen LogP contribution < -0.4 is 10.6 Å². The summed E-state index contributed by atoms with van der Waals surface area (Å²) in [6.45, 7) is 10.8. The van der Waals surface area contributed by atoms with Gasteiger partial charge in [-0.25, -0.2) is 4.99 Å². The van der Waals surface area contributed by atoms with Gasteiger partial charge in [-0.1, -0.05) is 22.7 Å². The molecule has 2 N–H and O–H groups in total. The lowest BCUT2D eigenvalue weighted by Gasteiger charge is -2.34. The van der Waals surface area contributed by atoms with E-state index in [1.165, 1.54) is 16.8 Å². The predicted molar refractivity (Wildman–Crippen MR) is 100 cm³/mol. The minimum atomic E-state index is 0.748. The van der Waals surface area contributed by atoms with Crippen LogP contribution in [0.2, 0.25) is 0 Å². The third-order valence-electron chi connectivity index (χ3n) is 4.20. The zero-order valence-corrected chi connectivity index (χ0v) is 15.3. The van der Waals surface area contributed by atoms with Crippen molar-refractivity contribution in [1.82, 2.24) is 4.67 Å². The molecule has 1 saturated heterocycles. The Morgan fingerprint density at radius 2 is 1.77 bits per heavy atom. The minimum Gasteiger partial charge on any atom is -0.387 e. The average Bonchev–Trinajstić information content (AvgIpc) is 2.49. The van der Waals surface area contributed by atoms with Crippen molar-refractivity contribution in [3.8, 4) is 0 Å². The van der Waals surface area contributed by atoms with E-state index in [4.69, 9.17) is 5.73 Å². The van der Waals surface area contributed by atoms with E-state index < -0.39 is 0 Å². The first-order chi connectivity index (χ1) is 10.5. The summed E-state index contributed by atoms with van der Waals surface area (Å²) in [6, 6.07) is 4.49. The summed E-state index contributed by atoms with van der Waals surface area (Å²) < 4.78 is 2.29. The number of aryl methyl sites for hydroxylation is 2. The van der Waals surface area contributed by atoms with Gasteiger partial charge in [-0.3, -0.25) is 4.67 Å². The Morgan fingerprint density at radius 3 is 2.32 bits per heavy atom. The van der Waals surface area contributed by atoms with Crippen LogP contribution in [-0.4, -0.2) is 36.7 Å². The van der Waals surface area contributed by atoms with Gasteiger partial charge >= 0.3 is 0 Å². The fourth-order valence-corrected chi connectivity index (χ4v) is 3.06. The molecule has 0 aromatic heterocycles. The van der Waals surface area contributed by atoms with Crippen LogP contribution in [0.15, 0.2) is 17.1 Å². The van der Waals surface area contributed by atoms with E-state index in [-0.39, 0.29) is 0 Å². The van der Waals surface area contributed by atoms with Crippen LogP contribution in [0.1, 0.15) is 37.3 Å². The Hall–Kier alpha value is -1.12. The maximum absolute atomic E-state index is 6.06. The zero-order chi connectivity index (χ0) is 16.1. The van der Waals surface area contributed by atoms with Crippen molar-refractivity contribution in [1.29, 1.82) is 0 Å². The third kappa shape index (κ3) is 4.44. The lowest BCUT2D eigenvalue weighted by atomic mass is 10.1. The molecule has 2 rings (SSSR count). The van der Waals surface area contributed by atoms with Gasteiger partial charge < -0.3 is 10.6 Å². The SMILES string of the molecule is CCCCC(N)=Nc1c(C)cc(N2CCN(P)CC2)cc1C. The summed E-state index contributed by atoms with van der Waals surface area (Å²) in [5, 5.41) is 0. The van der Waals surface area contributed by atoms with E-state index in [9.17, 15) is 0 Å². The number of hydrogen-bond acceptors (Lipinski definition) is 3. The first-order valence-corrected chi connectivity index (χ1v) is 8.71. The number of benzene rings is 1. The first-order valence-electron chi connectivity index (χ1n) is 8.20. The Kier molecular flexibility index (Phi) is 6.22. The summed E-state index contributed by atoms with van der Waals surface area (Å²) in [6.07, 6.45) is 3.13. The first kappa shape index (κ1) is 17.2.